The SMILES string of the molecule is Fc1ccc(C2CC3CCC(c4ccccc4)(C2)N3)cc1. The predicted octanol–water partition coefficient (Wildman–Crippen LogP) is 4.35. The van der Waals surface area contributed by atoms with E-state index in [9.17, 15) is 4.39 Å². The molecule has 2 heterocycles. The first-order valence-corrected chi connectivity index (χ1v) is 7.84. The van der Waals surface area contributed by atoms with Gasteiger partial charge < -0.3 is 5.32 Å². The molecular formula is C19H20FN. The second kappa shape index (κ2) is 4.96. The molecule has 2 aliphatic rings. The van der Waals surface area contributed by atoms with Crippen molar-refractivity contribution in [2.45, 2.75) is 43.2 Å². The molecule has 2 aromatic carbocycles. The van der Waals surface area contributed by atoms with Gasteiger partial charge in [0.1, 0.15) is 5.82 Å². The van der Waals surface area contributed by atoms with Crippen LogP contribution in [0.25, 0.3) is 0 Å². The van der Waals surface area contributed by atoms with E-state index in [4.69, 9.17) is 0 Å². The van der Waals surface area contributed by atoms with Gasteiger partial charge in [-0.15, -0.1) is 0 Å². The van der Waals surface area contributed by atoms with Gasteiger partial charge in [0.05, 0.1) is 0 Å². The molecule has 0 aliphatic carbocycles. The minimum absolute atomic E-state index is 0.114. The van der Waals surface area contributed by atoms with Crippen LogP contribution in [0, 0.1) is 5.82 Å². The molecule has 3 unspecified atom stereocenters. The maximum atomic E-state index is 13.1. The molecule has 2 saturated heterocycles. The van der Waals surface area contributed by atoms with Crippen LogP contribution in [0.5, 0.6) is 0 Å². The van der Waals surface area contributed by atoms with Crippen LogP contribution < -0.4 is 5.32 Å². The first kappa shape index (κ1) is 13.0. The summed E-state index contributed by atoms with van der Waals surface area (Å²) in [6.07, 6.45) is 4.73. The maximum Gasteiger partial charge on any atom is 0.123 e. The maximum absolute atomic E-state index is 13.1. The first-order chi connectivity index (χ1) is 10.3. The van der Waals surface area contributed by atoms with Crippen molar-refractivity contribution >= 4 is 0 Å². The summed E-state index contributed by atoms with van der Waals surface area (Å²) in [6, 6.07) is 18.5. The molecule has 3 atom stereocenters. The molecule has 2 heteroatoms. The van der Waals surface area contributed by atoms with Crippen LogP contribution in [0.1, 0.15) is 42.7 Å². The average molecular weight is 281 g/mol. The van der Waals surface area contributed by atoms with Crippen molar-refractivity contribution in [1.29, 1.82) is 0 Å². The number of fused-ring (bicyclic) bond motifs is 2. The molecule has 2 bridgehead atoms. The highest BCUT2D eigenvalue weighted by molar-refractivity contribution is 5.31. The average Bonchev–Trinajstić information content (AvgIpc) is 2.85. The molecule has 0 amide bonds. The molecule has 108 valence electrons. The van der Waals surface area contributed by atoms with Crippen molar-refractivity contribution in [3.63, 3.8) is 0 Å². The Bertz CT molecular complexity index is 622. The lowest BCUT2D eigenvalue weighted by Gasteiger charge is -2.40. The van der Waals surface area contributed by atoms with E-state index in [1.54, 1.807) is 12.1 Å². The number of rotatable bonds is 2. The van der Waals surface area contributed by atoms with Crippen molar-refractivity contribution in [1.82, 2.24) is 5.32 Å². The van der Waals surface area contributed by atoms with Gasteiger partial charge in [-0.3, -0.25) is 0 Å². The number of benzene rings is 2. The second-order valence-electron chi connectivity index (χ2n) is 6.52. The Labute approximate surface area is 125 Å². The second-order valence-corrected chi connectivity index (χ2v) is 6.52. The normalized spacial score (nSPS) is 31.3. The predicted molar refractivity (Wildman–Crippen MR) is 82.7 cm³/mol. The van der Waals surface area contributed by atoms with Crippen molar-refractivity contribution in [3.8, 4) is 0 Å². The number of hydrogen-bond acceptors (Lipinski definition) is 1. The molecule has 21 heavy (non-hydrogen) atoms. The Hall–Kier alpha value is -1.67. The summed E-state index contributed by atoms with van der Waals surface area (Å²) in [5, 5.41) is 3.86. The fourth-order valence-corrected chi connectivity index (χ4v) is 4.23. The van der Waals surface area contributed by atoms with E-state index in [1.807, 2.05) is 12.1 Å². The van der Waals surface area contributed by atoms with Gasteiger partial charge in [0.2, 0.25) is 0 Å². The van der Waals surface area contributed by atoms with Gasteiger partial charge in [-0.25, -0.2) is 4.39 Å². The largest absolute Gasteiger partial charge is 0.305 e. The number of hydrogen-bond donors (Lipinski definition) is 1. The summed E-state index contributed by atoms with van der Waals surface area (Å²) < 4.78 is 13.1. The molecule has 0 radical (unpaired) electrons. The van der Waals surface area contributed by atoms with Crippen LogP contribution in [-0.2, 0) is 5.54 Å². The minimum Gasteiger partial charge on any atom is -0.305 e. The Morgan fingerprint density at radius 3 is 2.52 bits per heavy atom. The summed E-state index contributed by atoms with van der Waals surface area (Å²) in [4.78, 5) is 0. The Morgan fingerprint density at radius 2 is 1.76 bits per heavy atom. The van der Waals surface area contributed by atoms with E-state index in [2.05, 4.69) is 35.6 Å². The lowest BCUT2D eigenvalue weighted by atomic mass is 9.76. The lowest BCUT2D eigenvalue weighted by molar-refractivity contribution is 0.252. The molecule has 0 saturated carbocycles. The Kier molecular flexibility index (Phi) is 3.07. The summed E-state index contributed by atoms with van der Waals surface area (Å²) >= 11 is 0. The summed E-state index contributed by atoms with van der Waals surface area (Å²) in [7, 11) is 0. The van der Waals surface area contributed by atoms with Crippen LogP contribution in [-0.4, -0.2) is 6.04 Å². The molecular weight excluding hydrogens is 261 g/mol. The zero-order valence-electron chi connectivity index (χ0n) is 12.1. The van der Waals surface area contributed by atoms with E-state index >= 15 is 0 Å². The van der Waals surface area contributed by atoms with Crippen LogP contribution in [0.2, 0.25) is 0 Å². The minimum atomic E-state index is -0.145. The van der Waals surface area contributed by atoms with Crippen molar-refractivity contribution in [3.05, 3.63) is 71.5 Å². The molecule has 0 spiro atoms. The summed E-state index contributed by atoms with van der Waals surface area (Å²) in [5.41, 5.74) is 2.80. The molecule has 1 N–H and O–H groups in total. The first-order valence-electron chi connectivity index (χ1n) is 7.84. The van der Waals surface area contributed by atoms with Crippen molar-refractivity contribution in [2.75, 3.05) is 0 Å². The van der Waals surface area contributed by atoms with Gasteiger partial charge in [-0.2, -0.15) is 0 Å². The Morgan fingerprint density at radius 1 is 1.00 bits per heavy atom. The zero-order valence-corrected chi connectivity index (χ0v) is 12.1. The van der Waals surface area contributed by atoms with E-state index < -0.39 is 0 Å². The van der Waals surface area contributed by atoms with Gasteiger partial charge >= 0.3 is 0 Å². The van der Waals surface area contributed by atoms with Crippen LogP contribution in [0.4, 0.5) is 4.39 Å². The highest BCUT2D eigenvalue weighted by Gasteiger charge is 2.46. The number of halogens is 1. The van der Waals surface area contributed by atoms with Crippen LogP contribution in [0.3, 0.4) is 0 Å². The van der Waals surface area contributed by atoms with Crippen LogP contribution in [0.15, 0.2) is 54.6 Å². The fourth-order valence-electron chi connectivity index (χ4n) is 4.23. The highest BCUT2D eigenvalue weighted by atomic mass is 19.1. The van der Waals surface area contributed by atoms with E-state index in [0.717, 1.165) is 6.42 Å². The molecule has 2 fully saturated rings. The third kappa shape index (κ3) is 2.28. The fraction of sp³-hybridized carbons (Fsp3) is 0.368. The molecule has 0 aromatic heterocycles. The van der Waals surface area contributed by atoms with Crippen LogP contribution >= 0.6 is 0 Å². The topological polar surface area (TPSA) is 12.0 Å². The van der Waals surface area contributed by atoms with Gasteiger partial charge in [0.25, 0.3) is 0 Å². The standard InChI is InChI=1S/C19H20FN/c20-17-8-6-14(7-9-17)15-12-18-10-11-19(13-15,21-18)16-4-2-1-3-5-16/h1-9,15,18,21H,10-13H2. The third-order valence-corrected chi connectivity index (χ3v) is 5.23. The van der Waals surface area contributed by atoms with Crippen molar-refractivity contribution < 1.29 is 4.39 Å². The zero-order chi connectivity index (χ0) is 14.3. The number of piperidine rings is 1. The monoisotopic (exact) mass is 281 g/mol. The molecule has 2 aliphatic heterocycles. The quantitative estimate of drug-likeness (QED) is 0.863. The third-order valence-electron chi connectivity index (χ3n) is 5.23. The lowest BCUT2D eigenvalue weighted by Crippen LogP contribution is -2.46. The summed E-state index contributed by atoms with van der Waals surface area (Å²) in [6.45, 7) is 0. The van der Waals surface area contributed by atoms with E-state index in [1.165, 1.54) is 30.4 Å². The summed E-state index contributed by atoms with van der Waals surface area (Å²) in [5.74, 6) is 0.382. The number of nitrogens with one attached hydrogen (secondary N) is 1. The van der Waals surface area contributed by atoms with E-state index in [0.29, 0.717) is 12.0 Å². The van der Waals surface area contributed by atoms with Gasteiger partial charge in [0, 0.05) is 11.6 Å². The molecule has 2 aromatic rings. The molecule has 1 nitrogen and oxygen atoms in total. The smallest absolute Gasteiger partial charge is 0.123 e. The molecule has 4 rings (SSSR count). The Balaban J connectivity index is 1.67. The van der Waals surface area contributed by atoms with Gasteiger partial charge in [-0.1, -0.05) is 42.5 Å². The van der Waals surface area contributed by atoms with E-state index in [-0.39, 0.29) is 11.4 Å². The van der Waals surface area contributed by atoms with Crippen molar-refractivity contribution in [2.24, 2.45) is 0 Å². The van der Waals surface area contributed by atoms with Gasteiger partial charge in [-0.05, 0) is 54.9 Å². The van der Waals surface area contributed by atoms with Gasteiger partial charge in [0.15, 0.2) is 0 Å². The highest BCUT2D eigenvalue weighted by Crippen LogP contribution is 2.48.